The molecule has 0 bridgehead atoms. The second kappa shape index (κ2) is 28.4. The molecule has 5 heteroatoms. The third-order valence-electron chi connectivity index (χ3n) is 8.63. The van der Waals surface area contributed by atoms with E-state index in [1.807, 2.05) is 53.8 Å². The zero-order valence-electron chi connectivity index (χ0n) is 33.5. The molecule has 0 radical (unpaired) electrons. The predicted octanol–water partition coefficient (Wildman–Crippen LogP) is 12.5. The quantitative estimate of drug-likeness (QED) is 0.321. The lowest BCUT2D eigenvalue weighted by Gasteiger charge is -2.34. The standard InChI is InChI=1S/C23H29BrN2O.C12H17N.C3H8.3C2H6/c1-16(14-22-17(2)25-11-8-23(22)24)15-26-12-9-21(10-13-26)20-6-4-19(5-7-20)18(3)27;1-10-2-4-11(5-3-10)12-6-8-13-9-7-12;1-3-2;3*1-2/h4,6,8,11,14,21H,5,7,9-10,12-13,15H2,1-3H3;2-5,12-13H,6-9H2,1H3;3H2,1-2H3;3*1-2H3/b16-14+;;;;;. The molecule has 2 saturated heterocycles. The van der Waals surface area contributed by atoms with Gasteiger partial charge < -0.3 is 5.32 Å². The summed E-state index contributed by atoms with van der Waals surface area (Å²) in [6.07, 6.45) is 16.6. The molecule has 276 valence electrons. The number of nitrogens with one attached hydrogen (secondary N) is 1. The normalized spacial score (nSPS) is 16.6. The van der Waals surface area contributed by atoms with Crippen molar-refractivity contribution in [3.05, 3.63) is 92.3 Å². The maximum Gasteiger partial charge on any atom is 0.155 e. The molecule has 0 amide bonds. The van der Waals surface area contributed by atoms with Gasteiger partial charge in [0.2, 0.25) is 0 Å². The number of hydrogen-bond acceptors (Lipinski definition) is 4. The van der Waals surface area contributed by atoms with Crippen LogP contribution < -0.4 is 5.32 Å². The van der Waals surface area contributed by atoms with Gasteiger partial charge in [-0.05, 0) is 121 Å². The SMILES string of the molecule is CC.CC.CC.CC(=O)C1=CC=C(C2CCN(C/C(C)=C/c3c(Br)ccnc3C)CC2)CC1.CCC.Cc1ccc(C2CCNCC2)cc1. The van der Waals surface area contributed by atoms with Crippen LogP contribution in [0.4, 0.5) is 0 Å². The minimum Gasteiger partial charge on any atom is -0.317 e. The number of Topliss-reactive ketones (excluding diaryl/α,β-unsaturated/α-hetero) is 1. The van der Waals surface area contributed by atoms with Crippen LogP contribution in [0.3, 0.4) is 0 Å². The Labute approximate surface area is 311 Å². The van der Waals surface area contributed by atoms with Crippen molar-refractivity contribution in [1.82, 2.24) is 15.2 Å². The van der Waals surface area contributed by atoms with Crippen LogP contribution in [-0.2, 0) is 4.79 Å². The van der Waals surface area contributed by atoms with Crippen LogP contribution in [-0.4, -0.2) is 48.4 Å². The van der Waals surface area contributed by atoms with Crippen molar-refractivity contribution in [2.24, 2.45) is 5.92 Å². The molecule has 3 aliphatic rings. The summed E-state index contributed by atoms with van der Waals surface area (Å²) in [6.45, 7) is 30.0. The predicted molar refractivity (Wildman–Crippen MR) is 222 cm³/mol. The van der Waals surface area contributed by atoms with Crippen molar-refractivity contribution in [2.45, 2.75) is 134 Å². The number of aryl methyl sites for hydroxylation is 2. The lowest BCUT2D eigenvalue weighted by Crippen LogP contribution is -2.35. The van der Waals surface area contributed by atoms with E-state index in [0.717, 1.165) is 54.1 Å². The van der Waals surface area contributed by atoms with Crippen molar-refractivity contribution in [3.8, 4) is 0 Å². The molecular weight excluding hydrogens is 666 g/mol. The van der Waals surface area contributed by atoms with Crippen molar-refractivity contribution in [3.63, 3.8) is 0 Å². The second-order valence-electron chi connectivity index (χ2n) is 12.5. The molecule has 1 N–H and O–H groups in total. The van der Waals surface area contributed by atoms with E-state index < -0.39 is 0 Å². The molecule has 0 spiro atoms. The highest BCUT2D eigenvalue weighted by Crippen LogP contribution is 2.32. The molecule has 2 aromatic rings. The lowest BCUT2D eigenvalue weighted by atomic mass is 9.83. The number of allylic oxidation sites excluding steroid dienone is 4. The molecular formula is C44H72BrN3O. The number of pyridine rings is 1. The van der Waals surface area contributed by atoms with Crippen molar-refractivity contribution >= 4 is 27.8 Å². The van der Waals surface area contributed by atoms with Gasteiger partial charge in [-0.25, -0.2) is 0 Å². The number of benzene rings is 1. The Balaban J connectivity index is 0.000000871. The smallest absolute Gasteiger partial charge is 0.155 e. The van der Waals surface area contributed by atoms with E-state index in [1.165, 1.54) is 67.5 Å². The average molecular weight is 739 g/mol. The second-order valence-corrected chi connectivity index (χ2v) is 13.3. The first-order valence-electron chi connectivity index (χ1n) is 19.4. The number of ketones is 1. The van der Waals surface area contributed by atoms with E-state index in [4.69, 9.17) is 0 Å². The highest BCUT2D eigenvalue weighted by atomic mass is 79.9. The molecule has 0 unspecified atom stereocenters. The van der Waals surface area contributed by atoms with E-state index in [2.05, 4.69) is 108 Å². The van der Waals surface area contributed by atoms with Gasteiger partial charge in [-0.2, -0.15) is 0 Å². The summed E-state index contributed by atoms with van der Waals surface area (Å²) in [5.41, 5.74) is 9.02. The first-order valence-corrected chi connectivity index (χ1v) is 20.2. The topological polar surface area (TPSA) is 45.2 Å². The molecule has 4 nitrogen and oxygen atoms in total. The van der Waals surface area contributed by atoms with Crippen LogP contribution in [0.15, 0.2) is 69.9 Å². The molecule has 0 saturated carbocycles. The first-order chi connectivity index (χ1) is 23.7. The Hall–Kier alpha value is -2.34. The summed E-state index contributed by atoms with van der Waals surface area (Å²) in [5.74, 6) is 1.70. The molecule has 2 fully saturated rings. The third kappa shape index (κ3) is 17.9. The van der Waals surface area contributed by atoms with Crippen LogP contribution >= 0.6 is 15.9 Å². The van der Waals surface area contributed by atoms with E-state index >= 15 is 0 Å². The van der Waals surface area contributed by atoms with Crippen LogP contribution in [0, 0.1) is 19.8 Å². The molecule has 2 aliphatic heterocycles. The molecule has 0 atom stereocenters. The number of aromatic nitrogens is 1. The number of nitrogens with zero attached hydrogens (tertiary/aromatic N) is 2. The third-order valence-corrected chi connectivity index (χ3v) is 9.33. The molecule has 49 heavy (non-hydrogen) atoms. The van der Waals surface area contributed by atoms with Crippen LogP contribution in [0.2, 0.25) is 0 Å². The number of piperidine rings is 2. The number of halogens is 1. The van der Waals surface area contributed by atoms with Gasteiger partial charge in [-0.3, -0.25) is 14.7 Å². The minimum atomic E-state index is 0.220. The Kier molecular flexibility index (Phi) is 27.0. The Morgan fingerprint density at radius 3 is 1.92 bits per heavy atom. The summed E-state index contributed by atoms with van der Waals surface area (Å²) < 4.78 is 1.11. The van der Waals surface area contributed by atoms with Gasteiger partial charge in [-0.15, -0.1) is 0 Å². The summed E-state index contributed by atoms with van der Waals surface area (Å²) in [6, 6.07) is 11.0. The Morgan fingerprint density at radius 1 is 0.857 bits per heavy atom. The number of rotatable bonds is 6. The van der Waals surface area contributed by atoms with E-state index in [-0.39, 0.29) is 5.78 Å². The molecule has 3 heterocycles. The number of carbonyl (C=O) groups excluding carboxylic acids is 1. The maximum atomic E-state index is 11.5. The van der Waals surface area contributed by atoms with E-state index in [9.17, 15) is 4.79 Å². The lowest BCUT2D eigenvalue weighted by molar-refractivity contribution is -0.113. The zero-order chi connectivity index (χ0) is 37.2. The summed E-state index contributed by atoms with van der Waals surface area (Å²) >= 11 is 3.64. The minimum absolute atomic E-state index is 0.220. The zero-order valence-corrected chi connectivity index (χ0v) is 35.1. The fourth-order valence-electron chi connectivity index (χ4n) is 6.11. The number of carbonyl (C=O) groups is 1. The largest absolute Gasteiger partial charge is 0.317 e. The van der Waals surface area contributed by atoms with Crippen molar-refractivity contribution < 1.29 is 4.79 Å². The van der Waals surface area contributed by atoms with Gasteiger partial charge in [-0.1, -0.05) is 137 Å². The van der Waals surface area contributed by atoms with Gasteiger partial charge >= 0.3 is 0 Å². The molecule has 1 aromatic carbocycles. The summed E-state index contributed by atoms with van der Waals surface area (Å²) in [5, 5.41) is 3.40. The maximum absolute atomic E-state index is 11.5. The number of likely N-dealkylation sites (tertiary alicyclic amines) is 1. The van der Waals surface area contributed by atoms with Crippen LogP contribution in [0.25, 0.3) is 6.08 Å². The first kappa shape index (κ1) is 46.7. The molecule has 1 aliphatic carbocycles. The highest BCUT2D eigenvalue weighted by molar-refractivity contribution is 9.10. The average Bonchev–Trinajstić information content (AvgIpc) is 3.14. The van der Waals surface area contributed by atoms with Gasteiger partial charge in [0.1, 0.15) is 0 Å². The Bertz CT molecular complexity index is 1230. The van der Waals surface area contributed by atoms with Crippen LogP contribution in [0.5, 0.6) is 0 Å². The summed E-state index contributed by atoms with van der Waals surface area (Å²) in [4.78, 5) is 18.4. The monoisotopic (exact) mass is 737 g/mol. The molecule has 5 rings (SSSR count). The summed E-state index contributed by atoms with van der Waals surface area (Å²) in [7, 11) is 0. The van der Waals surface area contributed by atoms with Gasteiger partial charge in [0.25, 0.3) is 0 Å². The molecule has 1 aromatic heterocycles. The van der Waals surface area contributed by atoms with Gasteiger partial charge in [0, 0.05) is 28.5 Å². The van der Waals surface area contributed by atoms with E-state index in [1.54, 1.807) is 12.5 Å². The highest BCUT2D eigenvalue weighted by Gasteiger charge is 2.23. The van der Waals surface area contributed by atoms with Crippen molar-refractivity contribution in [2.75, 3.05) is 32.7 Å². The fraction of sp³-hybridized carbons (Fsp3) is 0.591. The van der Waals surface area contributed by atoms with Gasteiger partial charge in [0.05, 0.1) is 0 Å². The number of hydrogen-bond donors (Lipinski definition) is 1. The van der Waals surface area contributed by atoms with Crippen molar-refractivity contribution in [1.29, 1.82) is 0 Å². The van der Waals surface area contributed by atoms with Crippen LogP contribution in [0.1, 0.15) is 142 Å². The van der Waals surface area contributed by atoms with Gasteiger partial charge in [0.15, 0.2) is 5.78 Å². The fourth-order valence-corrected chi connectivity index (χ4v) is 6.63. The Morgan fingerprint density at radius 2 is 1.43 bits per heavy atom. The van der Waals surface area contributed by atoms with E-state index in [0.29, 0.717) is 5.92 Å².